The fraction of sp³-hybridized carbons (Fsp3) is 0.333. The number of halogens is 1. The molecule has 0 saturated carbocycles. The Morgan fingerprint density at radius 1 is 1.34 bits per heavy atom. The normalized spacial score (nSPS) is 17.7. The van der Waals surface area contributed by atoms with Gasteiger partial charge in [0.15, 0.2) is 5.13 Å². The first-order valence-corrected chi connectivity index (χ1v) is 12.5. The van der Waals surface area contributed by atoms with Crippen molar-refractivity contribution in [3.8, 4) is 5.75 Å². The summed E-state index contributed by atoms with van der Waals surface area (Å²) >= 11 is 8.21. The van der Waals surface area contributed by atoms with E-state index >= 15 is 0 Å². The summed E-state index contributed by atoms with van der Waals surface area (Å²) in [5.74, 6) is 0.270. The maximum absolute atomic E-state index is 12.9. The third-order valence-corrected chi connectivity index (χ3v) is 9.07. The number of amides is 1. The van der Waals surface area contributed by atoms with Gasteiger partial charge < -0.3 is 10.1 Å². The van der Waals surface area contributed by atoms with E-state index in [4.69, 9.17) is 16.3 Å². The lowest BCUT2D eigenvalue weighted by Crippen LogP contribution is -2.42. The van der Waals surface area contributed by atoms with E-state index in [1.54, 1.807) is 6.07 Å². The minimum Gasteiger partial charge on any atom is -0.492 e. The number of thiazole rings is 1. The maximum Gasteiger partial charge on any atom is 0.253 e. The van der Waals surface area contributed by atoms with Gasteiger partial charge in [0.2, 0.25) is 5.91 Å². The summed E-state index contributed by atoms with van der Waals surface area (Å²) in [7, 11) is -3.77. The molecule has 0 radical (unpaired) electrons. The average Bonchev–Trinajstić information content (AvgIpc) is 3.41. The molecule has 7 nitrogen and oxygen atoms in total. The Labute approximate surface area is 181 Å². The van der Waals surface area contributed by atoms with Crippen LogP contribution in [0.2, 0.25) is 4.34 Å². The third kappa shape index (κ3) is 3.99. The zero-order chi connectivity index (χ0) is 20.6. The Kier molecular flexibility index (Phi) is 5.80. The van der Waals surface area contributed by atoms with Crippen LogP contribution in [0.5, 0.6) is 5.75 Å². The van der Waals surface area contributed by atoms with E-state index in [-0.39, 0.29) is 10.1 Å². The molecule has 29 heavy (non-hydrogen) atoms. The summed E-state index contributed by atoms with van der Waals surface area (Å²) in [6.07, 6.45) is 1.07. The Bertz CT molecular complexity index is 1160. The molecule has 1 saturated heterocycles. The molecule has 1 N–H and O–H groups in total. The molecule has 1 atom stereocenters. The minimum atomic E-state index is -3.77. The number of nitrogens with zero attached hydrogens (tertiary/aromatic N) is 2. The highest BCUT2D eigenvalue weighted by atomic mass is 35.5. The number of benzene rings is 1. The number of rotatable bonds is 6. The minimum absolute atomic E-state index is 0.142. The molecular weight excluding hydrogens is 454 g/mol. The SMILES string of the molecule is CCOc1cccc2sc(NC(=O)C3CCCN3S(=O)(=O)c3ccc(Cl)s3)nc12. The fourth-order valence-electron chi connectivity index (χ4n) is 3.28. The van der Waals surface area contributed by atoms with Gasteiger partial charge in [-0.3, -0.25) is 4.79 Å². The number of ether oxygens (including phenoxy) is 1. The average molecular weight is 472 g/mol. The topological polar surface area (TPSA) is 88.6 Å². The van der Waals surface area contributed by atoms with E-state index in [9.17, 15) is 13.2 Å². The summed E-state index contributed by atoms with van der Waals surface area (Å²) in [5, 5.41) is 3.20. The van der Waals surface area contributed by atoms with Crippen LogP contribution in [-0.4, -0.2) is 42.8 Å². The molecule has 2 aromatic heterocycles. The molecule has 154 valence electrons. The van der Waals surface area contributed by atoms with Gasteiger partial charge in [0, 0.05) is 6.54 Å². The standard InChI is InChI=1S/C18H18ClN3O4S3/c1-2-26-12-6-3-7-13-16(12)20-18(27-13)21-17(23)11-5-4-10-22(11)29(24,25)15-9-8-14(19)28-15/h3,6-9,11H,2,4-5,10H2,1H3,(H,20,21,23). The van der Waals surface area contributed by atoms with Gasteiger partial charge in [-0.2, -0.15) is 4.31 Å². The molecule has 0 spiro atoms. The van der Waals surface area contributed by atoms with Crippen molar-refractivity contribution in [2.45, 2.75) is 30.0 Å². The van der Waals surface area contributed by atoms with E-state index in [1.807, 2.05) is 25.1 Å². The number of carbonyl (C=O) groups is 1. The van der Waals surface area contributed by atoms with Crippen LogP contribution in [0.3, 0.4) is 0 Å². The predicted molar refractivity (Wildman–Crippen MR) is 116 cm³/mol. The number of nitrogens with one attached hydrogen (secondary N) is 1. The molecule has 0 bridgehead atoms. The highest BCUT2D eigenvalue weighted by Crippen LogP contribution is 2.34. The largest absolute Gasteiger partial charge is 0.492 e. The van der Waals surface area contributed by atoms with Crippen molar-refractivity contribution in [3.63, 3.8) is 0 Å². The molecule has 1 unspecified atom stereocenters. The van der Waals surface area contributed by atoms with Crippen LogP contribution in [0.1, 0.15) is 19.8 Å². The molecule has 1 fully saturated rings. The van der Waals surface area contributed by atoms with Gasteiger partial charge in [-0.25, -0.2) is 13.4 Å². The zero-order valence-electron chi connectivity index (χ0n) is 15.4. The Balaban J connectivity index is 1.56. The van der Waals surface area contributed by atoms with Crippen LogP contribution in [-0.2, 0) is 14.8 Å². The summed E-state index contributed by atoms with van der Waals surface area (Å²) < 4.78 is 34.1. The molecule has 1 aliphatic heterocycles. The summed E-state index contributed by atoms with van der Waals surface area (Å²) in [6.45, 7) is 2.70. The van der Waals surface area contributed by atoms with E-state index < -0.39 is 16.1 Å². The number of sulfonamides is 1. The number of carbonyl (C=O) groups excluding carboxylic acids is 1. The van der Waals surface area contributed by atoms with Crippen molar-refractivity contribution < 1.29 is 17.9 Å². The maximum atomic E-state index is 12.9. The van der Waals surface area contributed by atoms with Crippen molar-refractivity contribution in [1.29, 1.82) is 0 Å². The lowest BCUT2D eigenvalue weighted by Gasteiger charge is -2.22. The molecule has 11 heteroatoms. The summed E-state index contributed by atoms with van der Waals surface area (Å²) in [4.78, 5) is 17.4. The van der Waals surface area contributed by atoms with Gasteiger partial charge in [0.25, 0.3) is 10.0 Å². The number of hydrogen-bond donors (Lipinski definition) is 1. The van der Waals surface area contributed by atoms with Crippen molar-refractivity contribution in [3.05, 3.63) is 34.7 Å². The second-order valence-corrected chi connectivity index (χ2v) is 11.2. The van der Waals surface area contributed by atoms with Crippen molar-refractivity contribution in [2.75, 3.05) is 18.5 Å². The zero-order valence-corrected chi connectivity index (χ0v) is 18.6. The molecule has 3 heterocycles. The molecule has 1 amide bonds. The summed E-state index contributed by atoms with van der Waals surface area (Å²) in [6, 6.07) is 7.83. The molecule has 3 aromatic rings. The van der Waals surface area contributed by atoms with Gasteiger partial charge in [0.05, 0.1) is 15.6 Å². The number of aromatic nitrogens is 1. The van der Waals surface area contributed by atoms with Gasteiger partial charge in [-0.1, -0.05) is 29.0 Å². The van der Waals surface area contributed by atoms with E-state index in [0.717, 1.165) is 16.0 Å². The highest BCUT2D eigenvalue weighted by Gasteiger charge is 2.40. The molecule has 1 aliphatic rings. The first-order chi connectivity index (χ1) is 13.9. The molecule has 1 aromatic carbocycles. The third-order valence-electron chi connectivity index (χ3n) is 4.53. The second kappa shape index (κ2) is 8.19. The van der Waals surface area contributed by atoms with Crippen LogP contribution in [0.15, 0.2) is 34.5 Å². The van der Waals surface area contributed by atoms with Gasteiger partial charge in [-0.15, -0.1) is 11.3 Å². The van der Waals surface area contributed by atoms with Crippen molar-refractivity contribution in [2.24, 2.45) is 0 Å². The van der Waals surface area contributed by atoms with Gasteiger partial charge in [0.1, 0.15) is 21.5 Å². The quantitative estimate of drug-likeness (QED) is 0.582. The van der Waals surface area contributed by atoms with Crippen LogP contribution in [0.25, 0.3) is 10.2 Å². The van der Waals surface area contributed by atoms with Crippen LogP contribution >= 0.6 is 34.3 Å². The smallest absolute Gasteiger partial charge is 0.253 e. The number of para-hydroxylation sites is 1. The van der Waals surface area contributed by atoms with Gasteiger partial charge >= 0.3 is 0 Å². The number of hydrogen-bond acceptors (Lipinski definition) is 7. The van der Waals surface area contributed by atoms with E-state index in [2.05, 4.69) is 10.3 Å². The first-order valence-electron chi connectivity index (χ1n) is 9.00. The van der Waals surface area contributed by atoms with E-state index in [1.165, 1.54) is 21.7 Å². The summed E-state index contributed by atoms with van der Waals surface area (Å²) in [5.41, 5.74) is 0.679. The molecule has 0 aliphatic carbocycles. The number of fused-ring (bicyclic) bond motifs is 1. The van der Waals surface area contributed by atoms with Gasteiger partial charge in [-0.05, 0) is 44.0 Å². The lowest BCUT2D eigenvalue weighted by atomic mass is 10.2. The van der Waals surface area contributed by atoms with Crippen molar-refractivity contribution >= 4 is 65.6 Å². The lowest BCUT2D eigenvalue weighted by molar-refractivity contribution is -0.119. The monoisotopic (exact) mass is 471 g/mol. The Morgan fingerprint density at radius 3 is 2.90 bits per heavy atom. The highest BCUT2D eigenvalue weighted by molar-refractivity contribution is 7.91. The predicted octanol–water partition coefficient (Wildman–Crippen LogP) is 4.20. The van der Waals surface area contributed by atoms with E-state index in [0.29, 0.717) is 46.7 Å². The second-order valence-electron chi connectivity index (χ2n) is 6.38. The Hall–Kier alpha value is -1.72. The molecular formula is C18H18ClN3O4S3. The Morgan fingerprint density at radius 2 is 2.17 bits per heavy atom. The van der Waals surface area contributed by atoms with Crippen LogP contribution in [0.4, 0.5) is 5.13 Å². The van der Waals surface area contributed by atoms with Crippen LogP contribution in [0, 0.1) is 0 Å². The van der Waals surface area contributed by atoms with Crippen molar-refractivity contribution in [1.82, 2.24) is 9.29 Å². The van der Waals surface area contributed by atoms with Crippen LogP contribution < -0.4 is 10.1 Å². The number of thiophene rings is 1. The fourth-order valence-corrected chi connectivity index (χ4v) is 7.43. The molecule has 4 rings (SSSR count). The number of anilines is 1. The first kappa shape index (κ1) is 20.5.